The Hall–Kier alpha value is -3.12. The number of carbonyl (C=O) groups excluding carboxylic acids is 1. The molecule has 0 saturated carbocycles. The fourth-order valence-corrected chi connectivity index (χ4v) is 5.01. The van der Waals surface area contributed by atoms with Crippen LogP contribution in [0.15, 0.2) is 65.2 Å². The summed E-state index contributed by atoms with van der Waals surface area (Å²) in [5, 5.41) is 7.77. The highest BCUT2D eigenvalue weighted by Crippen LogP contribution is 2.28. The number of nitrogens with zero attached hydrogens (tertiary/aromatic N) is 2. The van der Waals surface area contributed by atoms with Crippen LogP contribution in [0.2, 0.25) is 0 Å². The molecule has 6 nitrogen and oxygen atoms in total. The summed E-state index contributed by atoms with van der Waals surface area (Å²) in [5.41, 5.74) is 3.59. The van der Waals surface area contributed by atoms with E-state index in [1.54, 1.807) is 0 Å². The molecule has 0 unspecified atom stereocenters. The monoisotopic (exact) mass is 445 g/mol. The Morgan fingerprint density at radius 1 is 1.09 bits per heavy atom. The molecule has 2 aliphatic heterocycles. The van der Waals surface area contributed by atoms with Crippen molar-refractivity contribution in [2.45, 2.75) is 38.8 Å². The van der Waals surface area contributed by atoms with Crippen LogP contribution in [-0.2, 0) is 30.8 Å². The number of fused-ring (bicyclic) bond motifs is 1. The summed E-state index contributed by atoms with van der Waals surface area (Å²) in [7, 11) is 0. The molecule has 1 saturated heterocycles. The van der Waals surface area contributed by atoms with Crippen LogP contribution in [0.4, 0.5) is 0 Å². The molecular weight excluding hydrogens is 414 g/mol. The van der Waals surface area contributed by atoms with Crippen molar-refractivity contribution in [1.82, 2.24) is 15.4 Å². The first-order valence-electron chi connectivity index (χ1n) is 11.9. The van der Waals surface area contributed by atoms with Crippen molar-refractivity contribution in [3.8, 4) is 5.75 Å². The standard InChI is InChI=1S/C27H31N3O3/c31-27(30-13-11-20-6-4-5-7-22(20)18-30)15-21-10-12-28-17-23(21)14-24-16-26(33-29-24)19-32-25-8-2-1-3-9-25/h1-9,16,21,23,28H,10-15,17-19H2/t21-,23+/m0/s1. The highest BCUT2D eigenvalue weighted by Gasteiger charge is 2.30. The van der Waals surface area contributed by atoms with Gasteiger partial charge in [-0.15, -0.1) is 0 Å². The van der Waals surface area contributed by atoms with Crippen LogP contribution in [0.5, 0.6) is 5.75 Å². The molecule has 2 atom stereocenters. The number of hydrogen-bond donors (Lipinski definition) is 1. The third kappa shape index (κ3) is 5.45. The summed E-state index contributed by atoms with van der Waals surface area (Å²) in [6.07, 6.45) is 3.38. The zero-order chi connectivity index (χ0) is 22.5. The molecule has 2 aliphatic rings. The molecule has 5 rings (SSSR count). The van der Waals surface area contributed by atoms with Gasteiger partial charge in [-0.1, -0.05) is 47.6 Å². The smallest absolute Gasteiger partial charge is 0.223 e. The zero-order valence-electron chi connectivity index (χ0n) is 18.9. The van der Waals surface area contributed by atoms with E-state index in [4.69, 9.17) is 9.26 Å². The van der Waals surface area contributed by atoms with Gasteiger partial charge in [0.25, 0.3) is 0 Å². The SMILES string of the molecule is O=C(C[C@@H]1CCNC[C@H]1Cc1cc(COc2ccccc2)on1)N1CCc2ccccc2C1. The van der Waals surface area contributed by atoms with Crippen molar-refractivity contribution in [2.24, 2.45) is 11.8 Å². The van der Waals surface area contributed by atoms with Gasteiger partial charge in [0.1, 0.15) is 12.4 Å². The molecule has 172 valence electrons. The van der Waals surface area contributed by atoms with Gasteiger partial charge in [0.05, 0.1) is 5.69 Å². The number of benzene rings is 2. The summed E-state index contributed by atoms with van der Waals surface area (Å²) in [6, 6.07) is 20.2. The average Bonchev–Trinajstić information content (AvgIpc) is 3.31. The van der Waals surface area contributed by atoms with E-state index in [1.807, 2.05) is 41.3 Å². The fourth-order valence-electron chi connectivity index (χ4n) is 5.01. The average molecular weight is 446 g/mol. The molecule has 1 N–H and O–H groups in total. The number of carbonyl (C=O) groups is 1. The minimum absolute atomic E-state index is 0.276. The first kappa shape index (κ1) is 21.7. The number of amides is 1. The maximum atomic E-state index is 13.2. The Bertz CT molecular complexity index is 1070. The summed E-state index contributed by atoms with van der Waals surface area (Å²) in [4.78, 5) is 15.2. The molecule has 3 aromatic rings. The van der Waals surface area contributed by atoms with Gasteiger partial charge in [-0.25, -0.2) is 0 Å². The van der Waals surface area contributed by atoms with Gasteiger partial charge in [-0.05, 0) is 67.4 Å². The van der Waals surface area contributed by atoms with E-state index in [9.17, 15) is 4.79 Å². The maximum Gasteiger partial charge on any atom is 0.223 e. The zero-order valence-corrected chi connectivity index (χ0v) is 18.9. The number of hydrogen-bond acceptors (Lipinski definition) is 5. The number of piperidine rings is 1. The van der Waals surface area contributed by atoms with Crippen LogP contribution < -0.4 is 10.1 Å². The quantitative estimate of drug-likeness (QED) is 0.596. The van der Waals surface area contributed by atoms with Crippen LogP contribution in [0.1, 0.15) is 35.4 Å². The van der Waals surface area contributed by atoms with Crippen molar-refractivity contribution in [1.29, 1.82) is 0 Å². The molecule has 0 bridgehead atoms. The second-order valence-corrected chi connectivity index (χ2v) is 9.14. The van der Waals surface area contributed by atoms with E-state index in [2.05, 4.69) is 34.7 Å². The van der Waals surface area contributed by atoms with Crippen molar-refractivity contribution in [2.75, 3.05) is 19.6 Å². The normalized spacial score (nSPS) is 20.3. The van der Waals surface area contributed by atoms with Gasteiger partial charge in [0, 0.05) is 25.6 Å². The van der Waals surface area contributed by atoms with E-state index >= 15 is 0 Å². The Kier molecular flexibility index (Phi) is 6.72. The van der Waals surface area contributed by atoms with Gasteiger partial charge in [0.2, 0.25) is 5.91 Å². The lowest BCUT2D eigenvalue weighted by Crippen LogP contribution is -2.42. The second-order valence-electron chi connectivity index (χ2n) is 9.14. The second kappa shape index (κ2) is 10.2. The molecule has 0 spiro atoms. The van der Waals surface area contributed by atoms with E-state index < -0.39 is 0 Å². The summed E-state index contributed by atoms with van der Waals surface area (Å²) >= 11 is 0. The Labute approximate surface area is 194 Å². The minimum Gasteiger partial charge on any atom is -0.486 e. The van der Waals surface area contributed by atoms with Gasteiger partial charge in [-0.3, -0.25) is 4.79 Å². The first-order valence-corrected chi connectivity index (χ1v) is 11.9. The predicted octanol–water partition coefficient (Wildman–Crippen LogP) is 4.00. The maximum absolute atomic E-state index is 13.2. The molecule has 1 fully saturated rings. The van der Waals surface area contributed by atoms with Crippen molar-refractivity contribution in [3.63, 3.8) is 0 Å². The third-order valence-electron chi connectivity index (χ3n) is 6.89. The molecule has 1 aromatic heterocycles. The highest BCUT2D eigenvalue weighted by atomic mass is 16.5. The van der Waals surface area contributed by atoms with E-state index in [1.165, 1.54) is 11.1 Å². The number of aromatic nitrogens is 1. The number of rotatable bonds is 7. The van der Waals surface area contributed by atoms with E-state index in [0.717, 1.165) is 62.6 Å². The minimum atomic E-state index is 0.276. The van der Waals surface area contributed by atoms with E-state index in [0.29, 0.717) is 24.9 Å². The molecule has 0 radical (unpaired) electrons. The van der Waals surface area contributed by atoms with Crippen LogP contribution >= 0.6 is 0 Å². The predicted molar refractivity (Wildman–Crippen MR) is 126 cm³/mol. The molecule has 6 heteroatoms. The molecular formula is C27H31N3O3. The number of para-hydroxylation sites is 1. The fraction of sp³-hybridized carbons (Fsp3) is 0.407. The van der Waals surface area contributed by atoms with Gasteiger partial charge < -0.3 is 19.5 Å². The van der Waals surface area contributed by atoms with Crippen LogP contribution in [-0.4, -0.2) is 35.6 Å². The van der Waals surface area contributed by atoms with Crippen LogP contribution in [0.25, 0.3) is 0 Å². The molecule has 1 amide bonds. The number of ether oxygens (including phenoxy) is 1. The summed E-state index contributed by atoms with van der Waals surface area (Å²) in [5.74, 6) is 2.53. The molecule has 2 aromatic carbocycles. The highest BCUT2D eigenvalue weighted by molar-refractivity contribution is 5.76. The van der Waals surface area contributed by atoms with Gasteiger partial charge >= 0.3 is 0 Å². The lowest BCUT2D eigenvalue weighted by molar-refractivity contribution is -0.133. The first-order chi connectivity index (χ1) is 16.2. The lowest BCUT2D eigenvalue weighted by Gasteiger charge is -2.34. The summed E-state index contributed by atoms with van der Waals surface area (Å²) in [6.45, 7) is 3.78. The van der Waals surface area contributed by atoms with Crippen molar-refractivity contribution >= 4 is 5.91 Å². The molecule has 0 aliphatic carbocycles. The Balaban J connectivity index is 1.16. The third-order valence-corrected chi connectivity index (χ3v) is 6.89. The number of nitrogens with one attached hydrogen (secondary N) is 1. The van der Waals surface area contributed by atoms with Crippen molar-refractivity contribution in [3.05, 3.63) is 83.2 Å². The topological polar surface area (TPSA) is 67.6 Å². The molecule has 3 heterocycles. The van der Waals surface area contributed by atoms with Gasteiger partial charge in [-0.2, -0.15) is 0 Å². The lowest BCUT2D eigenvalue weighted by atomic mass is 9.81. The molecule has 33 heavy (non-hydrogen) atoms. The van der Waals surface area contributed by atoms with Gasteiger partial charge in [0.15, 0.2) is 5.76 Å². The van der Waals surface area contributed by atoms with Crippen LogP contribution in [0, 0.1) is 11.8 Å². The van der Waals surface area contributed by atoms with Crippen LogP contribution in [0.3, 0.4) is 0 Å². The van der Waals surface area contributed by atoms with Crippen molar-refractivity contribution < 1.29 is 14.1 Å². The summed E-state index contributed by atoms with van der Waals surface area (Å²) < 4.78 is 11.3. The Morgan fingerprint density at radius 2 is 1.91 bits per heavy atom. The Morgan fingerprint density at radius 3 is 2.79 bits per heavy atom. The van der Waals surface area contributed by atoms with E-state index in [-0.39, 0.29) is 5.91 Å². The largest absolute Gasteiger partial charge is 0.486 e.